The first-order valence-electron chi connectivity index (χ1n) is 8.51. The average Bonchev–Trinajstić information content (AvgIpc) is 2.85. The molecule has 1 unspecified atom stereocenters. The highest BCUT2D eigenvalue weighted by Gasteiger charge is 2.29. The van der Waals surface area contributed by atoms with Gasteiger partial charge in [-0.15, -0.1) is 0 Å². The largest absolute Gasteiger partial charge is 0.496 e. The molecule has 0 spiro atoms. The first-order valence-corrected chi connectivity index (χ1v) is 8.51. The third kappa shape index (κ3) is 3.61. The summed E-state index contributed by atoms with van der Waals surface area (Å²) in [5, 5.41) is 20.6. The Morgan fingerprint density at radius 1 is 1.37 bits per heavy atom. The molecule has 2 aromatic carbocycles. The number of non-ortho nitro benzene ring substituents is 1. The molecule has 142 valence electrons. The van der Waals surface area contributed by atoms with Crippen molar-refractivity contribution >= 4 is 17.3 Å². The maximum absolute atomic E-state index is 13.8. The lowest BCUT2D eigenvalue weighted by Crippen LogP contribution is -2.32. The van der Waals surface area contributed by atoms with Crippen LogP contribution in [0.15, 0.2) is 36.4 Å². The quantitative estimate of drug-likeness (QED) is 0.655. The van der Waals surface area contributed by atoms with Gasteiger partial charge in [0.25, 0.3) is 11.6 Å². The van der Waals surface area contributed by atoms with E-state index < -0.39 is 16.6 Å². The van der Waals surface area contributed by atoms with Crippen molar-refractivity contribution in [1.29, 1.82) is 0 Å². The third-order valence-electron chi connectivity index (χ3n) is 4.75. The summed E-state index contributed by atoms with van der Waals surface area (Å²) in [4.78, 5) is 25.1. The second-order valence-electron chi connectivity index (χ2n) is 6.32. The van der Waals surface area contributed by atoms with Gasteiger partial charge in [-0.05, 0) is 42.7 Å². The molecule has 0 radical (unpaired) electrons. The molecule has 1 atom stereocenters. The number of benzene rings is 2. The molecule has 0 saturated carbocycles. The fraction of sp³-hybridized carbons (Fsp3) is 0.316. The number of carbonyl (C=O) groups excluding carboxylic acids is 1. The molecule has 27 heavy (non-hydrogen) atoms. The zero-order chi connectivity index (χ0) is 19.6. The molecular formula is C19H19FN2O5. The lowest BCUT2D eigenvalue weighted by Gasteiger charge is -2.24. The van der Waals surface area contributed by atoms with Gasteiger partial charge >= 0.3 is 0 Å². The second-order valence-corrected chi connectivity index (χ2v) is 6.32. The van der Waals surface area contributed by atoms with Gasteiger partial charge in [-0.2, -0.15) is 0 Å². The van der Waals surface area contributed by atoms with Crippen LogP contribution in [0.4, 0.5) is 15.8 Å². The van der Waals surface area contributed by atoms with E-state index in [1.807, 2.05) is 0 Å². The predicted molar refractivity (Wildman–Crippen MR) is 96.8 cm³/mol. The van der Waals surface area contributed by atoms with Crippen molar-refractivity contribution in [3.63, 3.8) is 0 Å². The molecule has 7 nitrogen and oxygen atoms in total. The minimum absolute atomic E-state index is 0.0980. The predicted octanol–water partition coefficient (Wildman–Crippen LogP) is 3.26. The monoisotopic (exact) mass is 374 g/mol. The molecule has 1 aliphatic heterocycles. The van der Waals surface area contributed by atoms with E-state index in [2.05, 4.69) is 0 Å². The summed E-state index contributed by atoms with van der Waals surface area (Å²) >= 11 is 0. The Hall–Kier alpha value is -3.00. The lowest BCUT2D eigenvalue weighted by atomic mass is 9.95. The van der Waals surface area contributed by atoms with Gasteiger partial charge in [-0.1, -0.05) is 0 Å². The smallest absolute Gasteiger partial charge is 0.273 e. The molecule has 0 fully saturated rings. The van der Waals surface area contributed by atoms with E-state index in [4.69, 9.17) is 4.74 Å². The Morgan fingerprint density at radius 3 is 2.81 bits per heavy atom. The van der Waals surface area contributed by atoms with E-state index in [-0.39, 0.29) is 29.5 Å². The molecule has 2 aromatic rings. The van der Waals surface area contributed by atoms with Crippen molar-refractivity contribution in [2.24, 2.45) is 0 Å². The number of carbonyl (C=O) groups is 1. The van der Waals surface area contributed by atoms with Crippen LogP contribution in [-0.4, -0.2) is 36.2 Å². The SMILES string of the molecule is COc1cc([N+](=O)[O-])ccc1C(=O)N1CCCC(CO)c2cc(F)ccc21. The molecule has 1 aliphatic rings. The van der Waals surface area contributed by atoms with Crippen molar-refractivity contribution < 1.29 is 24.0 Å². The molecule has 0 saturated heterocycles. The number of aliphatic hydroxyl groups excluding tert-OH is 1. The van der Waals surface area contributed by atoms with Gasteiger partial charge in [0, 0.05) is 24.2 Å². The van der Waals surface area contributed by atoms with E-state index in [0.29, 0.717) is 30.6 Å². The zero-order valence-electron chi connectivity index (χ0n) is 14.7. The van der Waals surface area contributed by atoms with Crippen LogP contribution in [0.25, 0.3) is 0 Å². The van der Waals surface area contributed by atoms with Crippen LogP contribution in [0.5, 0.6) is 5.75 Å². The van der Waals surface area contributed by atoms with Crippen molar-refractivity contribution in [2.75, 3.05) is 25.2 Å². The minimum atomic E-state index is -0.563. The van der Waals surface area contributed by atoms with Gasteiger partial charge in [0.1, 0.15) is 11.6 Å². The highest BCUT2D eigenvalue weighted by atomic mass is 19.1. The first kappa shape index (κ1) is 18.8. The fourth-order valence-electron chi connectivity index (χ4n) is 3.39. The number of nitrogens with zero attached hydrogens (tertiary/aromatic N) is 2. The summed E-state index contributed by atoms with van der Waals surface area (Å²) < 4.78 is 18.9. The summed E-state index contributed by atoms with van der Waals surface area (Å²) in [6.07, 6.45) is 1.25. The number of fused-ring (bicyclic) bond motifs is 1. The van der Waals surface area contributed by atoms with Gasteiger partial charge in [0.2, 0.25) is 0 Å². The highest BCUT2D eigenvalue weighted by molar-refractivity contribution is 6.08. The lowest BCUT2D eigenvalue weighted by molar-refractivity contribution is -0.384. The van der Waals surface area contributed by atoms with E-state index in [0.717, 1.165) is 0 Å². The van der Waals surface area contributed by atoms with Gasteiger partial charge in [-0.3, -0.25) is 14.9 Å². The van der Waals surface area contributed by atoms with Gasteiger partial charge < -0.3 is 14.7 Å². The highest BCUT2D eigenvalue weighted by Crippen LogP contribution is 2.36. The fourth-order valence-corrected chi connectivity index (χ4v) is 3.39. The number of halogens is 1. The van der Waals surface area contributed by atoms with Crippen molar-refractivity contribution in [2.45, 2.75) is 18.8 Å². The van der Waals surface area contributed by atoms with Gasteiger partial charge in [0.15, 0.2) is 0 Å². The Balaban J connectivity index is 2.05. The van der Waals surface area contributed by atoms with Crippen molar-refractivity contribution in [3.05, 3.63) is 63.5 Å². The maximum Gasteiger partial charge on any atom is 0.273 e. The van der Waals surface area contributed by atoms with E-state index in [1.165, 1.54) is 48.4 Å². The normalized spacial score (nSPS) is 16.4. The Labute approximate surface area is 155 Å². The molecule has 1 N–H and O–H groups in total. The zero-order valence-corrected chi connectivity index (χ0v) is 14.7. The number of ether oxygens (including phenoxy) is 1. The topological polar surface area (TPSA) is 92.9 Å². The third-order valence-corrected chi connectivity index (χ3v) is 4.75. The summed E-state index contributed by atoms with van der Waals surface area (Å²) in [6.45, 7) is 0.243. The maximum atomic E-state index is 13.8. The Kier molecular flexibility index (Phi) is 5.36. The molecule has 0 aliphatic carbocycles. The van der Waals surface area contributed by atoms with Crippen molar-refractivity contribution in [1.82, 2.24) is 0 Å². The number of nitro groups is 1. The summed E-state index contributed by atoms with van der Waals surface area (Å²) in [5.41, 5.74) is 1.10. The summed E-state index contributed by atoms with van der Waals surface area (Å²) in [5.74, 6) is -0.990. The number of anilines is 1. The molecule has 0 bridgehead atoms. The van der Waals surface area contributed by atoms with Crippen molar-refractivity contribution in [3.8, 4) is 5.75 Å². The van der Waals surface area contributed by atoms with Crippen LogP contribution >= 0.6 is 0 Å². The Bertz CT molecular complexity index is 886. The average molecular weight is 374 g/mol. The molecular weight excluding hydrogens is 355 g/mol. The molecule has 8 heteroatoms. The van der Waals surface area contributed by atoms with Crippen LogP contribution in [0.3, 0.4) is 0 Å². The minimum Gasteiger partial charge on any atom is -0.496 e. The number of amides is 1. The number of rotatable bonds is 4. The van der Waals surface area contributed by atoms with Crippen LogP contribution in [0.2, 0.25) is 0 Å². The van der Waals surface area contributed by atoms with Gasteiger partial charge in [-0.25, -0.2) is 4.39 Å². The van der Waals surface area contributed by atoms with E-state index in [1.54, 1.807) is 0 Å². The summed E-state index contributed by atoms with van der Waals surface area (Å²) in [6, 6.07) is 7.94. The molecule has 1 heterocycles. The number of hydrogen-bond donors (Lipinski definition) is 1. The number of hydrogen-bond acceptors (Lipinski definition) is 5. The van der Waals surface area contributed by atoms with Crippen LogP contribution in [-0.2, 0) is 0 Å². The van der Waals surface area contributed by atoms with Crippen LogP contribution < -0.4 is 9.64 Å². The number of aliphatic hydroxyl groups is 1. The second kappa shape index (κ2) is 7.71. The van der Waals surface area contributed by atoms with E-state index in [9.17, 15) is 24.4 Å². The van der Waals surface area contributed by atoms with Gasteiger partial charge in [0.05, 0.1) is 30.3 Å². The Morgan fingerprint density at radius 2 is 2.15 bits per heavy atom. The van der Waals surface area contributed by atoms with Crippen LogP contribution in [0.1, 0.15) is 34.7 Å². The molecule has 1 amide bonds. The number of methoxy groups -OCH3 is 1. The molecule has 3 rings (SSSR count). The number of nitro benzene ring substituents is 1. The first-order chi connectivity index (χ1) is 13.0. The molecule has 0 aromatic heterocycles. The van der Waals surface area contributed by atoms with E-state index >= 15 is 0 Å². The standard InChI is InChI=1S/C19H19FN2O5/c1-27-18-10-14(22(25)26)5-6-15(18)19(24)21-8-2-3-12(11-23)16-9-13(20)4-7-17(16)21/h4-7,9-10,12,23H,2-3,8,11H2,1H3. The summed E-state index contributed by atoms with van der Waals surface area (Å²) in [7, 11) is 1.34. The van der Waals surface area contributed by atoms with Crippen LogP contribution in [0, 0.1) is 15.9 Å².